The molecule has 0 heterocycles. The molecule has 0 aromatic rings. The molecule has 0 aliphatic heterocycles. The molecule has 83 heavy (non-hydrogen) atoms. The minimum Gasteiger partial charge on any atom is -0.462 e. The Morgan fingerprint density at radius 2 is 0.518 bits per heavy atom. The number of aliphatic hydroxyl groups is 2. The van der Waals surface area contributed by atoms with Crippen LogP contribution in [0.4, 0.5) is 0 Å². The quantitative estimate of drug-likeness (QED) is 0.0265. The van der Waals surface area contributed by atoms with Gasteiger partial charge in [-0.25, -0.2) is 0 Å². The summed E-state index contributed by atoms with van der Waals surface area (Å²) in [6, 6.07) is 0. The number of rotatable bonds is 67. The number of carbonyl (C=O) groups excluding carboxylic acids is 3. The van der Waals surface area contributed by atoms with Crippen molar-refractivity contribution in [1.29, 1.82) is 0 Å². The summed E-state index contributed by atoms with van der Waals surface area (Å²) in [5.41, 5.74) is 0. The number of unbranched alkanes of at least 4 members (excludes halogenated alkanes) is 47. The van der Waals surface area contributed by atoms with Crippen molar-refractivity contribution in [2.75, 3.05) is 33.0 Å². The Morgan fingerprint density at radius 3 is 0.795 bits per heavy atom. The van der Waals surface area contributed by atoms with Crippen LogP contribution in [0.25, 0.3) is 0 Å². The Labute approximate surface area is 516 Å². The minimum atomic E-state index is -0.767. The first-order valence-electron chi connectivity index (χ1n) is 36.5. The third-order valence-corrected chi connectivity index (χ3v) is 16.1. The number of aliphatic hydroxyl groups excluding tert-OH is 2. The van der Waals surface area contributed by atoms with E-state index in [-0.39, 0.29) is 37.7 Å². The van der Waals surface area contributed by atoms with Crippen LogP contribution < -0.4 is 0 Å². The summed E-state index contributed by atoms with van der Waals surface area (Å²) in [6.45, 7) is 9.48. The summed E-state index contributed by atoms with van der Waals surface area (Å²) in [6.07, 6.45) is 76.5. The monoisotopic (exact) mass is 1180 g/mol. The molecule has 0 fully saturated rings. The summed E-state index contributed by atoms with van der Waals surface area (Å²) in [4.78, 5) is 36.3. The van der Waals surface area contributed by atoms with Crippen LogP contribution >= 0.6 is 0 Å². The van der Waals surface area contributed by atoms with Gasteiger partial charge in [0.25, 0.3) is 0 Å². The van der Waals surface area contributed by atoms with Crippen LogP contribution in [-0.4, -0.2) is 73.4 Å². The Hall–Kier alpha value is -2.23. The molecule has 9 nitrogen and oxygen atoms in total. The van der Waals surface area contributed by atoms with Crippen molar-refractivity contribution in [3.05, 3.63) is 24.3 Å². The van der Waals surface area contributed by atoms with E-state index < -0.39 is 12.2 Å². The Morgan fingerprint density at radius 1 is 0.289 bits per heavy atom. The maximum absolute atomic E-state index is 12.1. The highest BCUT2D eigenvalue weighted by Gasteiger charge is 2.17. The first-order chi connectivity index (χ1) is 40.9. The van der Waals surface area contributed by atoms with Crippen LogP contribution in [0.2, 0.25) is 0 Å². The first kappa shape index (κ1) is 82.8. The van der Waals surface area contributed by atoms with Crippen molar-refractivity contribution < 1.29 is 43.5 Å². The number of carbonyl (C=O) groups is 3. The maximum Gasteiger partial charge on any atom is 0.306 e. The molecule has 0 bridgehead atoms. The molecule has 2 atom stereocenters. The van der Waals surface area contributed by atoms with E-state index in [1.807, 2.05) is 0 Å². The van der Waals surface area contributed by atoms with Gasteiger partial charge in [0.1, 0.15) is 12.7 Å². The zero-order chi connectivity index (χ0) is 60.7. The van der Waals surface area contributed by atoms with Gasteiger partial charge in [0.2, 0.25) is 0 Å². The topological polar surface area (TPSA) is 129 Å². The zero-order valence-corrected chi connectivity index (χ0v) is 55.8. The smallest absolute Gasteiger partial charge is 0.306 e. The third kappa shape index (κ3) is 72.2. The van der Waals surface area contributed by atoms with Gasteiger partial charge in [-0.05, 0) is 77.0 Å². The summed E-state index contributed by atoms with van der Waals surface area (Å²) in [5, 5.41) is 19.1. The molecule has 0 aromatic heterocycles. The predicted octanol–water partition coefficient (Wildman–Crippen LogP) is 22.4. The molecule has 0 amide bonds. The normalized spacial score (nSPS) is 12.3. The van der Waals surface area contributed by atoms with E-state index in [0.29, 0.717) is 32.5 Å². The number of hydrogen-bond donors (Lipinski definition) is 2. The summed E-state index contributed by atoms with van der Waals surface area (Å²) < 4.78 is 21.7. The van der Waals surface area contributed by atoms with Crippen LogP contribution in [0.3, 0.4) is 0 Å². The molecule has 0 unspecified atom stereocenters. The lowest BCUT2D eigenvalue weighted by Gasteiger charge is -2.15. The van der Waals surface area contributed by atoms with Gasteiger partial charge in [0.05, 0.1) is 19.8 Å². The summed E-state index contributed by atoms with van der Waals surface area (Å²) >= 11 is 0. The fraction of sp³-hybridized carbons (Fsp3) is 0.905. The third-order valence-electron chi connectivity index (χ3n) is 16.1. The van der Waals surface area contributed by atoms with Gasteiger partial charge in [-0.15, -0.1) is 0 Å². The van der Waals surface area contributed by atoms with Crippen LogP contribution in [0.15, 0.2) is 24.3 Å². The average Bonchev–Trinajstić information content (AvgIpc) is 3.49. The maximum atomic E-state index is 12.1. The Balaban J connectivity index is 0. The number of esters is 3. The van der Waals surface area contributed by atoms with Crippen molar-refractivity contribution in [1.82, 2.24) is 0 Å². The van der Waals surface area contributed by atoms with Crippen molar-refractivity contribution in [2.45, 2.75) is 399 Å². The van der Waals surface area contributed by atoms with Gasteiger partial charge < -0.3 is 29.2 Å². The molecule has 0 spiro atoms. The van der Waals surface area contributed by atoms with Crippen molar-refractivity contribution in [3.63, 3.8) is 0 Å². The molecule has 0 rings (SSSR count). The molecule has 2 N–H and O–H groups in total. The number of ether oxygens (including phenoxy) is 4. The van der Waals surface area contributed by atoms with E-state index in [1.165, 1.54) is 276 Å². The van der Waals surface area contributed by atoms with Gasteiger partial charge in [-0.1, -0.05) is 315 Å². The van der Waals surface area contributed by atoms with E-state index >= 15 is 0 Å². The Bertz CT molecular complexity index is 1330. The second-order valence-electron chi connectivity index (χ2n) is 24.6. The van der Waals surface area contributed by atoms with Crippen molar-refractivity contribution in [3.8, 4) is 0 Å². The van der Waals surface area contributed by atoms with Crippen molar-refractivity contribution >= 4 is 17.9 Å². The number of hydrogen-bond acceptors (Lipinski definition) is 9. The second-order valence-corrected chi connectivity index (χ2v) is 24.6. The fourth-order valence-electron chi connectivity index (χ4n) is 10.6. The molecule has 0 radical (unpaired) electrons. The van der Waals surface area contributed by atoms with Crippen molar-refractivity contribution in [2.24, 2.45) is 0 Å². The van der Waals surface area contributed by atoms with Gasteiger partial charge in [0.15, 0.2) is 6.10 Å². The van der Waals surface area contributed by atoms with E-state index in [1.54, 1.807) is 0 Å². The van der Waals surface area contributed by atoms with E-state index in [0.717, 1.165) is 64.2 Å². The average molecular weight is 1180 g/mol. The molecular weight excluding hydrogens is 1030 g/mol. The largest absolute Gasteiger partial charge is 0.462 e. The molecule has 0 aromatic carbocycles. The van der Waals surface area contributed by atoms with Gasteiger partial charge in [0, 0.05) is 25.9 Å². The van der Waals surface area contributed by atoms with E-state index in [9.17, 15) is 24.6 Å². The van der Waals surface area contributed by atoms with Crippen LogP contribution in [0.1, 0.15) is 387 Å². The summed E-state index contributed by atoms with van der Waals surface area (Å²) in [5.74, 6) is -0.800. The minimum absolute atomic E-state index is 0.0636. The summed E-state index contributed by atoms with van der Waals surface area (Å²) in [7, 11) is 0. The molecule has 0 saturated carbocycles. The van der Waals surface area contributed by atoms with Crippen LogP contribution in [-0.2, 0) is 33.3 Å². The lowest BCUT2D eigenvalue weighted by atomic mass is 10.0. The van der Waals surface area contributed by atoms with Gasteiger partial charge in [-0.2, -0.15) is 0 Å². The van der Waals surface area contributed by atoms with E-state index in [4.69, 9.17) is 18.9 Å². The second kappa shape index (κ2) is 74.0. The molecule has 9 heteroatoms. The van der Waals surface area contributed by atoms with E-state index in [2.05, 4.69) is 52.0 Å². The first-order valence-corrected chi connectivity index (χ1v) is 36.5. The molecule has 0 aliphatic carbocycles. The lowest BCUT2D eigenvalue weighted by Crippen LogP contribution is -2.28. The molecule has 492 valence electrons. The van der Waals surface area contributed by atoms with Crippen LogP contribution in [0, 0.1) is 0 Å². The zero-order valence-electron chi connectivity index (χ0n) is 55.8. The van der Waals surface area contributed by atoms with Gasteiger partial charge >= 0.3 is 17.9 Å². The highest BCUT2D eigenvalue weighted by Crippen LogP contribution is 2.17. The highest BCUT2D eigenvalue weighted by atomic mass is 16.6. The molecule has 0 aliphatic rings. The standard InChI is InChI=1S/C37H70O5.C37H72O4/c1-3-5-7-9-11-13-15-17-18-20-22-24-26-28-30-32-37(40)42-35(33-38)34-41-36(39)31-29-27-25-23-21-19-16-14-12-10-8-6-4-2;1-3-5-7-9-11-13-15-17-19-20-22-24-26-28-30-32-37(39)41-36(34-38)35-40-33-31-29-27-25-23-21-18-16-14-12-10-8-6-4-2/h17-18,35,38H,3-16,19-34H2,1-2H3;17,19,36,38H,3-16,18,20-35H2,1-2H3/b18-17-;19-17-/t35-;36-/m00/s1. The van der Waals surface area contributed by atoms with Gasteiger partial charge in [-0.3, -0.25) is 14.4 Å². The fourth-order valence-corrected chi connectivity index (χ4v) is 10.6. The number of allylic oxidation sites excluding steroid dienone is 4. The molecular formula is C74H142O9. The molecule has 0 saturated heterocycles. The Kier molecular flexibility index (Phi) is 73.9. The highest BCUT2D eigenvalue weighted by molar-refractivity contribution is 5.70. The SMILES string of the molecule is CCCCCCCC/C=C\CCCCCCCC(=O)O[C@@H](CO)COC(=O)CCCCCCCCCCCCCCC.CCCCCCCC/C=C\CCCCCCCC(=O)O[C@@H](CO)COCCCCCCCCCCCCCCCC. The lowest BCUT2D eigenvalue weighted by molar-refractivity contribution is -0.161. The predicted molar refractivity (Wildman–Crippen MR) is 355 cm³/mol. The van der Waals surface area contributed by atoms with Crippen LogP contribution in [0.5, 0.6) is 0 Å².